The molecule has 168 valence electrons. The fourth-order valence-electron chi connectivity index (χ4n) is 1.71. The van der Waals surface area contributed by atoms with Crippen LogP contribution in [0.1, 0.15) is 31.1 Å². The number of carbonyl (C=O) groups is 3. The van der Waals surface area contributed by atoms with Crippen LogP contribution in [0.2, 0.25) is 0 Å². The highest BCUT2D eigenvalue weighted by Crippen LogP contribution is 2.29. The van der Waals surface area contributed by atoms with Gasteiger partial charge in [0.05, 0.1) is 5.56 Å². The van der Waals surface area contributed by atoms with Gasteiger partial charge in [0, 0.05) is 6.07 Å². The Morgan fingerprint density at radius 2 is 1.37 bits per heavy atom. The standard InChI is InChI=1S/C16H16Br2F2O9S/c1-7(17)13(21)28-11-4-10(5-12(6-11)29-14(22)8(2)18)15(23)27-9(3)16(19,20)30(24,25)26/h4-9H,1-3H3,(H,24,25,26). The van der Waals surface area contributed by atoms with Crippen molar-refractivity contribution < 1.29 is 50.3 Å². The van der Waals surface area contributed by atoms with Crippen LogP contribution >= 0.6 is 31.9 Å². The predicted molar refractivity (Wildman–Crippen MR) is 106 cm³/mol. The second-order valence-corrected chi connectivity index (χ2v) is 10.1. The van der Waals surface area contributed by atoms with Crippen molar-refractivity contribution in [3.05, 3.63) is 23.8 Å². The molecule has 0 radical (unpaired) electrons. The Morgan fingerprint density at radius 1 is 0.967 bits per heavy atom. The Balaban J connectivity index is 3.26. The van der Waals surface area contributed by atoms with Crippen molar-refractivity contribution in [1.29, 1.82) is 0 Å². The molecule has 0 saturated carbocycles. The van der Waals surface area contributed by atoms with Gasteiger partial charge in [-0.1, -0.05) is 31.9 Å². The van der Waals surface area contributed by atoms with Crippen LogP contribution in [0.3, 0.4) is 0 Å². The quantitative estimate of drug-likeness (QED) is 0.213. The minimum absolute atomic E-state index is 0.278. The molecule has 1 rings (SSSR count). The summed E-state index contributed by atoms with van der Waals surface area (Å²) in [4.78, 5) is 34.3. The lowest BCUT2D eigenvalue weighted by Crippen LogP contribution is -2.42. The first-order chi connectivity index (χ1) is 13.6. The molecule has 0 heterocycles. The molecule has 0 aliphatic carbocycles. The average Bonchev–Trinajstić information content (AvgIpc) is 2.59. The Kier molecular flexibility index (Phi) is 8.90. The summed E-state index contributed by atoms with van der Waals surface area (Å²) in [5, 5.41) is -4.78. The van der Waals surface area contributed by atoms with Gasteiger partial charge in [-0.15, -0.1) is 0 Å². The van der Waals surface area contributed by atoms with Crippen molar-refractivity contribution in [1.82, 2.24) is 0 Å². The molecule has 14 heteroatoms. The molecule has 0 aromatic heterocycles. The van der Waals surface area contributed by atoms with Gasteiger partial charge in [0.1, 0.15) is 21.2 Å². The van der Waals surface area contributed by atoms with E-state index >= 15 is 0 Å². The monoisotopic (exact) mass is 580 g/mol. The van der Waals surface area contributed by atoms with E-state index in [9.17, 15) is 31.6 Å². The molecule has 0 amide bonds. The van der Waals surface area contributed by atoms with Gasteiger partial charge < -0.3 is 14.2 Å². The van der Waals surface area contributed by atoms with Gasteiger partial charge in [0.2, 0.25) is 0 Å². The van der Waals surface area contributed by atoms with Gasteiger partial charge in [-0.05, 0) is 32.9 Å². The molecule has 3 unspecified atom stereocenters. The second-order valence-electron chi connectivity index (χ2n) is 5.85. The van der Waals surface area contributed by atoms with Gasteiger partial charge in [0.25, 0.3) is 0 Å². The first-order valence-corrected chi connectivity index (χ1v) is 11.3. The van der Waals surface area contributed by atoms with Crippen LogP contribution in [-0.2, 0) is 24.4 Å². The van der Waals surface area contributed by atoms with Crippen LogP contribution in [0.4, 0.5) is 8.78 Å². The molecule has 0 fully saturated rings. The van der Waals surface area contributed by atoms with E-state index in [1.165, 1.54) is 13.8 Å². The molecule has 0 spiro atoms. The number of halogens is 4. The van der Waals surface area contributed by atoms with Crippen LogP contribution in [0.15, 0.2) is 18.2 Å². The molecule has 0 aliphatic heterocycles. The van der Waals surface area contributed by atoms with Crippen molar-refractivity contribution in [2.24, 2.45) is 0 Å². The lowest BCUT2D eigenvalue weighted by Gasteiger charge is -2.21. The fourth-order valence-corrected chi connectivity index (χ4v) is 2.36. The largest absolute Gasteiger partial charge is 0.451 e. The fraction of sp³-hybridized carbons (Fsp3) is 0.438. The highest BCUT2D eigenvalue weighted by Gasteiger charge is 2.52. The van der Waals surface area contributed by atoms with Crippen molar-refractivity contribution in [2.75, 3.05) is 0 Å². The SMILES string of the molecule is CC(Br)C(=O)Oc1cc(OC(=O)C(C)Br)cc(C(=O)OC(C)C(F)(F)S(=O)(=O)O)c1. The van der Waals surface area contributed by atoms with E-state index in [4.69, 9.17) is 14.0 Å². The number of rotatable bonds is 8. The summed E-state index contributed by atoms with van der Waals surface area (Å²) in [5.74, 6) is -3.57. The third-order valence-corrected chi connectivity index (χ3v) is 5.07. The van der Waals surface area contributed by atoms with Crippen molar-refractivity contribution in [2.45, 2.75) is 41.8 Å². The zero-order valence-corrected chi connectivity index (χ0v) is 19.6. The highest BCUT2D eigenvalue weighted by atomic mass is 79.9. The number of carbonyl (C=O) groups excluding carboxylic acids is 3. The smallest absolute Gasteiger partial charge is 0.405 e. The normalized spacial score (nSPS) is 14.9. The third kappa shape index (κ3) is 6.96. The second kappa shape index (κ2) is 10.1. The molecule has 1 aromatic rings. The van der Waals surface area contributed by atoms with E-state index in [1.807, 2.05) is 0 Å². The lowest BCUT2D eigenvalue weighted by molar-refractivity contribution is -0.133. The summed E-state index contributed by atoms with van der Waals surface area (Å²) in [6, 6.07) is 2.96. The van der Waals surface area contributed by atoms with Crippen molar-refractivity contribution in [3.63, 3.8) is 0 Å². The highest BCUT2D eigenvalue weighted by molar-refractivity contribution is 9.10. The van der Waals surface area contributed by atoms with E-state index in [0.29, 0.717) is 6.92 Å². The molecule has 1 aromatic carbocycles. The summed E-state index contributed by atoms with van der Waals surface area (Å²) >= 11 is 5.95. The minimum Gasteiger partial charge on any atom is -0.451 e. The molecule has 3 atom stereocenters. The summed E-state index contributed by atoms with van der Waals surface area (Å²) in [6.45, 7) is 3.45. The maximum atomic E-state index is 13.6. The molecule has 0 aliphatic rings. The van der Waals surface area contributed by atoms with Crippen LogP contribution in [-0.4, -0.2) is 51.9 Å². The molecular formula is C16H16Br2F2O9S. The molecular weight excluding hydrogens is 566 g/mol. The Bertz CT molecular complexity index is 892. The number of hydrogen-bond acceptors (Lipinski definition) is 8. The van der Waals surface area contributed by atoms with Crippen LogP contribution < -0.4 is 9.47 Å². The van der Waals surface area contributed by atoms with Crippen LogP contribution in [0.25, 0.3) is 0 Å². The van der Waals surface area contributed by atoms with Gasteiger partial charge in [-0.3, -0.25) is 14.1 Å². The number of hydrogen-bond donors (Lipinski definition) is 1. The molecule has 30 heavy (non-hydrogen) atoms. The lowest BCUT2D eigenvalue weighted by atomic mass is 10.2. The van der Waals surface area contributed by atoms with Gasteiger partial charge in [-0.25, -0.2) is 4.79 Å². The topological polar surface area (TPSA) is 133 Å². The zero-order chi connectivity index (χ0) is 23.4. The first-order valence-electron chi connectivity index (χ1n) is 7.98. The van der Waals surface area contributed by atoms with Gasteiger partial charge in [-0.2, -0.15) is 17.2 Å². The van der Waals surface area contributed by atoms with E-state index in [-0.39, 0.29) is 11.5 Å². The number of alkyl halides is 4. The maximum Gasteiger partial charge on any atom is 0.405 e. The van der Waals surface area contributed by atoms with E-state index in [1.54, 1.807) is 0 Å². The Labute approximate surface area is 187 Å². The van der Waals surface area contributed by atoms with Gasteiger partial charge in [0.15, 0.2) is 6.10 Å². The number of ether oxygens (including phenoxy) is 3. The van der Waals surface area contributed by atoms with E-state index in [0.717, 1.165) is 18.2 Å². The van der Waals surface area contributed by atoms with E-state index in [2.05, 4.69) is 36.6 Å². The maximum absolute atomic E-state index is 13.6. The average molecular weight is 582 g/mol. The number of esters is 3. The van der Waals surface area contributed by atoms with Crippen molar-refractivity contribution in [3.8, 4) is 11.5 Å². The van der Waals surface area contributed by atoms with E-state index < -0.39 is 54.6 Å². The summed E-state index contributed by atoms with van der Waals surface area (Å²) in [5.41, 5.74) is -0.495. The predicted octanol–water partition coefficient (Wildman–Crippen LogP) is 3.09. The van der Waals surface area contributed by atoms with Crippen molar-refractivity contribution >= 4 is 59.9 Å². The Morgan fingerprint density at radius 3 is 1.70 bits per heavy atom. The molecule has 0 bridgehead atoms. The third-order valence-electron chi connectivity index (χ3n) is 3.30. The molecule has 1 N–H and O–H groups in total. The molecule has 9 nitrogen and oxygen atoms in total. The first kappa shape index (κ1) is 26.4. The molecule has 0 saturated heterocycles. The minimum atomic E-state index is -5.86. The summed E-state index contributed by atoms with van der Waals surface area (Å²) in [7, 11) is -5.86. The van der Waals surface area contributed by atoms with Crippen LogP contribution in [0, 0.1) is 0 Å². The number of benzene rings is 1. The Hall–Kier alpha value is -1.64. The zero-order valence-electron chi connectivity index (χ0n) is 15.6. The van der Waals surface area contributed by atoms with Crippen LogP contribution in [0.5, 0.6) is 11.5 Å². The van der Waals surface area contributed by atoms with Gasteiger partial charge >= 0.3 is 33.3 Å². The summed E-state index contributed by atoms with van der Waals surface area (Å²) in [6.07, 6.45) is -2.57. The summed E-state index contributed by atoms with van der Waals surface area (Å²) < 4.78 is 71.8.